The molecule has 0 bridgehead atoms. The van der Waals surface area contributed by atoms with E-state index < -0.39 is 11.1 Å². The molecule has 3 aliphatic heterocycles. The number of benzene rings is 7. The van der Waals surface area contributed by atoms with Crippen LogP contribution in [-0.4, -0.2) is 9.13 Å². The van der Waals surface area contributed by atoms with Gasteiger partial charge in [0.1, 0.15) is 27.8 Å². The zero-order valence-corrected chi connectivity index (χ0v) is 32.5. The highest BCUT2D eigenvalue weighted by Crippen LogP contribution is 2.65. The molecule has 1 aliphatic carbocycles. The second kappa shape index (κ2) is 9.54. The van der Waals surface area contributed by atoms with Gasteiger partial charge >= 0.3 is 0 Å². The molecule has 4 aliphatic rings. The molecule has 0 N–H and O–H groups in total. The summed E-state index contributed by atoms with van der Waals surface area (Å²) in [5, 5.41) is 8.55. The van der Waals surface area contributed by atoms with E-state index in [-0.39, 0.29) is 0 Å². The van der Waals surface area contributed by atoms with Crippen LogP contribution in [0.1, 0.15) is 33.5 Å². The van der Waals surface area contributed by atoms with Gasteiger partial charge in [-0.1, -0.05) is 103 Å². The Labute approximate surface area is 346 Å². The number of pyridine rings is 3. The molecule has 5 heteroatoms. The van der Waals surface area contributed by atoms with Crippen LogP contribution in [0.3, 0.4) is 0 Å². The lowest BCUT2D eigenvalue weighted by atomic mass is 9.63. The first-order chi connectivity index (χ1) is 30.3. The summed E-state index contributed by atoms with van der Waals surface area (Å²) in [5.74, 6) is 1.15. The Bertz CT molecular complexity index is 4270. The Morgan fingerprint density at radius 1 is 0.459 bits per heavy atom. The van der Waals surface area contributed by atoms with E-state index in [2.05, 4.69) is 200 Å². The number of furan rings is 1. The fourth-order valence-corrected chi connectivity index (χ4v) is 13.4. The van der Waals surface area contributed by atoms with Crippen molar-refractivity contribution in [3.05, 3.63) is 216 Å². The molecule has 61 heavy (non-hydrogen) atoms. The third-order valence-corrected chi connectivity index (χ3v) is 15.3. The summed E-state index contributed by atoms with van der Waals surface area (Å²) in [6.07, 6.45) is 2.35. The van der Waals surface area contributed by atoms with Crippen LogP contribution in [-0.2, 0) is 11.1 Å². The van der Waals surface area contributed by atoms with E-state index in [0.717, 1.165) is 33.3 Å². The average molecular weight is 775 g/mol. The van der Waals surface area contributed by atoms with Gasteiger partial charge in [0.05, 0.1) is 34.0 Å². The standard InChI is InChI=1S/C56H30N4O/c1-6-18-40-31(13-1)32-14-2-7-19-41(32)55(40)42-26-24-35-33-15-3-8-20-43(33)59-49-23-11-12-28-57(49)56(51(42)52(35)59)50-37-17-4-9-21-44(37)58-45-30-47-39(34-16-5-10-22-46(34)61-47)29-38(45)36-25-27-48(55)60(56)53(36)54(50)58/h1-30H/q+2. The van der Waals surface area contributed by atoms with E-state index in [9.17, 15) is 0 Å². The van der Waals surface area contributed by atoms with Crippen molar-refractivity contribution in [1.29, 1.82) is 0 Å². The minimum absolute atomic E-state index is 0.599. The summed E-state index contributed by atoms with van der Waals surface area (Å²) in [6, 6.07) is 66.3. The van der Waals surface area contributed by atoms with Gasteiger partial charge in [0.25, 0.3) is 11.5 Å². The van der Waals surface area contributed by atoms with Crippen LogP contribution in [0.4, 0.5) is 0 Å². The summed E-state index contributed by atoms with van der Waals surface area (Å²) >= 11 is 0. The molecule has 2 spiro atoms. The van der Waals surface area contributed by atoms with Crippen molar-refractivity contribution in [3.8, 4) is 16.9 Å². The van der Waals surface area contributed by atoms with Gasteiger partial charge in [-0.2, -0.15) is 8.97 Å². The molecule has 0 saturated carbocycles. The van der Waals surface area contributed by atoms with Crippen LogP contribution in [0, 0.1) is 0 Å². The van der Waals surface area contributed by atoms with E-state index in [4.69, 9.17) is 4.42 Å². The Balaban J connectivity index is 1.22. The highest BCUT2D eigenvalue weighted by molar-refractivity contribution is 6.20. The molecule has 278 valence electrons. The molecule has 0 saturated heterocycles. The number of nitrogens with zero attached hydrogens (tertiary/aromatic N) is 4. The number of hydrogen-bond donors (Lipinski definition) is 0. The molecule has 9 heterocycles. The van der Waals surface area contributed by atoms with Gasteiger partial charge in [-0.3, -0.25) is 4.57 Å². The topological polar surface area (TPSA) is 31.0 Å². The molecule has 7 aromatic carbocycles. The summed E-state index contributed by atoms with van der Waals surface area (Å²) in [6.45, 7) is 0. The molecule has 1 atom stereocenters. The zero-order valence-electron chi connectivity index (χ0n) is 32.5. The molecule has 0 amide bonds. The number of para-hydroxylation sites is 3. The summed E-state index contributed by atoms with van der Waals surface area (Å²) in [4.78, 5) is 0. The molecule has 13 aromatic rings. The predicted octanol–water partition coefficient (Wildman–Crippen LogP) is 11.6. The maximum atomic E-state index is 6.65. The predicted molar refractivity (Wildman–Crippen MR) is 241 cm³/mol. The fraction of sp³-hybridized carbons (Fsp3) is 0.0357. The summed E-state index contributed by atoms with van der Waals surface area (Å²) in [7, 11) is 0. The van der Waals surface area contributed by atoms with E-state index in [1.807, 2.05) is 0 Å². The first kappa shape index (κ1) is 30.1. The number of aromatic nitrogens is 4. The van der Waals surface area contributed by atoms with Crippen molar-refractivity contribution in [1.82, 2.24) is 9.13 Å². The number of hydrogen-bond acceptors (Lipinski definition) is 1. The monoisotopic (exact) mass is 774 g/mol. The quantitative estimate of drug-likeness (QED) is 0.111. The Morgan fingerprint density at radius 2 is 1.16 bits per heavy atom. The van der Waals surface area contributed by atoms with Gasteiger partial charge in [-0.05, 0) is 82.4 Å². The zero-order chi connectivity index (χ0) is 39.1. The average Bonchev–Trinajstić information content (AvgIpc) is 4.10. The Hall–Kier alpha value is -8.02. The SMILES string of the molecule is c1ccc2c(c1)-c1ccccc1C21c2ccc3c4ccccc4n4c3c2C2(c3c5ccccc5[n+]5c6cc7oc8ccccc8c7cc6c6ccc1n2c6c35)[n+]1ccccc1-4. The maximum absolute atomic E-state index is 6.65. The largest absolute Gasteiger partial charge is 0.456 e. The van der Waals surface area contributed by atoms with E-state index in [1.165, 1.54) is 99.2 Å². The second-order valence-corrected chi connectivity index (χ2v) is 17.5. The Kier molecular flexibility index (Phi) is 4.71. The van der Waals surface area contributed by atoms with Crippen molar-refractivity contribution >= 4 is 82.0 Å². The number of fused-ring (bicyclic) bond motifs is 21. The van der Waals surface area contributed by atoms with Gasteiger partial charge < -0.3 is 4.42 Å². The van der Waals surface area contributed by atoms with Gasteiger partial charge in [-0.25, -0.2) is 4.57 Å². The van der Waals surface area contributed by atoms with Gasteiger partial charge in [-0.15, -0.1) is 0 Å². The lowest BCUT2D eigenvalue weighted by molar-refractivity contribution is -0.745. The minimum Gasteiger partial charge on any atom is -0.456 e. The highest BCUT2D eigenvalue weighted by atomic mass is 16.3. The maximum Gasteiger partial charge on any atom is 0.289 e. The molecular weight excluding hydrogens is 745 g/mol. The second-order valence-electron chi connectivity index (χ2n) is 17.5. The van der Waals surface area contributed by atoms with Crippen LogP contribution in [0.15, 0.2) is 187 Å². The van der Waals surface area contributed by atoms with Crippen molar-refractivity contribution in [2.75, 3.05) is 0 Å². The van der Waals surface area contributed by atoms with E-state index >= 15 is 0 Å². The van der Waals surface area contributed by atoms with Gasteiger partial charge in [0, 0.05) is 44.8 Å². The minimum atomic E-state index is -0.776. The summed E-state index contributed by atoms with van der Waals surface area (Å²) in [5.41, 5.74) is 18.4. The normalized spacial score (nSPS) is 17.0. The van der Waals surface area contributed by atoms with Crippen LogP contribution in [0.25, 0.3) is 98.9 Å². The number of rotatable bonds is 0. The Morgan fingerprint density at radius 3 is 2.03 bits per heavy atom. The van der Waals surface area contributed by atoms with Crippen LogP contribution in [0.2, 0.25) is 0 Å². The highest BCUT2D eigenvalue weighted by Gasteiger charge is 2.67. The lowest BCUT2D eigenvalue weighted by Crippen LogP contribution is -2.68. The smallest absolute Gasteiger partial charge is 0.289 e. The summed E-state index contributed by atoms with van der Waals surface area (Å²) < 4.78 is 17.2. The van der Waals surface area contributed by atoms with E-state index in [1.54, 1.807) is 0 Å². The molecule has 5 nitrogen and oxygen atoms in total. The van der Waals surface area contributed by atoms with Gasteiger partial charge in [0.2, 0.25) is 16.6 Å². The molecule has 0 radical (unpaired) electrons. The van der Waals surface area contributed by atoms with Crippen LogP contribution < -0.4 is 8.97 Å². The third kappa shape index (κ3) is 2.89. The van der Waals surface area contributed by atoms with E-state index in [0.29, 0.717) is 0 Å². The molecule has 1 unspecified atom stereocenters. The first-order valence-electron chi connectivity index (χ1n) is 21.3. The van der Waals surface area contributed by atoms with Crippen molar-refractivity contribution in [2.45, 2.75) is 11.1 Å². The first-order valence-corrected chi connectivity index (χ1v) is 21.3. The lowest BCUT2D eigenvalue weighted by Gasteiger charge is -2.48. The van der Waals surface area contributed by atoms with Crippen molar-refractivity contribution in [2.24, 2.45) is 0 Å². The van der Waals surface area contributed by atoms with Crippen LogP contribution in [0.5, 0.6) is 0 Å². The van der Waals surface area contributed by atoms with Crippen molar-refractivity contribution in [3.63, 3.8) is 0 Å². The molecular formula is C56H30N4O+2. The third-order valence-electron chi connectivity index (χ3n) is 15.3. The van der Waals surface area contributed by atoms with Crippen LogP contribution >= 0.6 is 0 Å². The molecule has 17 rings (SSSR count). The molecule has 0 fully saturated rings. The van der Waals surface area contributed by atoms with Gasteiger partial charge in [0.15, 0.2) is 5.52 Å². The molecule has 6 aromatic heterocycles. The fourth-order valence-electron chi connectivity index (χ4n) is 13.4. The van der Waals surface area contributed by atoms with Crippen molar-refractivity contribution < 1.29 is 13.4 Å².